The van der Waals surface area contributed by atoms with Crippen LogP contribution in [-0.4, -0.2) is 34.8 Å². The molecule has 2 amide bonds. The van der Waals surface area contributed by atoms with Crippen molar-refractivity contribution in [2.24, 2.45) is 5.92 Å². The van der Waals surface area contributed by atoms with Crippen LogP contribution < -0.4 is 5.32 Å². The predicted molar refractivity (Wildman–Crippen MR) is 79.2 cm³/mol. The summed E-state index contributed by atoms with van der Waals surface area (Å²) in [6.07, 6.45) is 8.28. The zero-order chi connectivity index (χ0) is 14.7. The first-order valence-corrected chi connectivity index (χ1v) is 8.15. The van der Waals surface area contributed by atoms with Crippen LogP contribution in [0.1, 0.15) is 65.7 Å². The first kappa shape index (κ1) is 15.3. The molecule has 1 aliphatic carbocycles. The van der Waals surface area contributed by atoms with Gasteiger partial charge in [0.25, 0.3) is 0 Å². The fourth-order valence-corrected chi connectivity index (χ4v) is 3.59. The van der Waals surface area contributed by atoms with Gasteiger partial charge >= 0.3 is 0 Å². The largest absolute Gasteiger partial charge is 0.343 e. The highest BCUT2D eigenvalue weighted by molar-refractivity contribution is 5.97. The molecule has 0 aromatic rings. The molecule has 0 spiro atoms. The van der Waals surface area contributed by atoms with Gasteiger partial charge in [0.15, 0.2) is 0 Å². The van der Waals surface area contributed by atoms with E-state index in [-0.39, 0.29) is 35.9 Å². The van der Waals surface area contributed by atoms with Gasteiger partial charge in [-0.25, -0.2) is 0 Å². The monoisotopic (exact) mass is 280 g/mol. The lowest BCUT2D eigenvalue weighted by Crippen LogP contribution is -2.66. The molecule has 0 radical (unpaired) electrons. The predicted octanol–water partition coefficient (Wildman–Crippen LogP) is 2.47. The highest BCUT2D eigenvalue weighted by atomic mass is 16.2. The van der Waals surface area contributed by atoms with E-state index in [2.05, 4.69) is 5.32 Å². The minimum Gasteiger partial charge on any atom is -0.343 e. The van der Waals surface area contributed by atoms with Crippen molar-refractivity contribution in [3.63, 3.8) is 0 Å². The van der Waals surface area contributed by atoms with Crippen LogP contribution in [0.5, 0.6) is 0 Å². The Morgan fingerprint density at radius 2 is 1.60 bits per heavy atom. The summed E-state index contributed by atoms with van der Waals surface area (Å²) in [4.78, 5) is 26.8. The smallest absolute Gasteiger partial charge is 0.245 e. The zero-order valence-corrected chi connectivity index (χ0v) is 13.0. The van der Waals surface area contributed by atoms with E-state index >= 15 is 0 Å². The van der Waals surface area contributed by atoms with Crippen molar-refractivity contribution in [3.8, 4) is 0 Å². The molecule has 114 valence electrons. The number of hydrogen-bond donors (Lipinski definition) is 1. The zero-order valence-electron chi connectivity index (χ0n) is 13.0. The van der Waals surface area contributed by atoms with Crippen molar-refractivity contribution in [1.29, 1.82) is 0 Å². The van der Waals surface area contributed by atoms with Gasteiger partial charge in [0.2, 0.25) is 11.8 Å². The molecule has 2 unspecified atom stereocenters. The molecule has 0 bridgehead atoms. The average molecular weight is 280 g/mol. The van der Waals surface area contributed by atoms with E-state index in [9.17, 15) is 9.59 Å². The van der Waals surface area contributed by atoms with E-state index in [4.69, 9.17) is 0 Å². The minimum atomic E-state index is -0.372. The van der Waals surface area contributed by atoms with Gasteiger partial charge in [0.1, 0.15) is 12.1 Å². The number of amides is 2. The summed E-state index contributed by atoms with van der Waals surface area (Å²) in [5.41, 5.74) is 0. The van der Waals surface area contributed by atoms with Crippen molar-refractivity contribution in [2.75, 3.05) is 0 Å². The second-order valence-corrected chi connectivity index (χ2v) is 6.66. The molecule has 0 aromatic heterocycles. The standard InChI is InChI=1S/C16H28N2O2/c1-11(2)14-15(19)17-12(3)16(20)18(14)13-9-7-5-4-6-8-10-13/h11-14H,4-10H2,1-3H3,(H,17,19). The Labute approximate surface area is 122 Å². The van der Waals surface area contributed by atoms with Gasteiger partial charge in [-0.3, -0.25) is 9.59 Å². The van der Waals surface area contributed by atoms with Gasteiger partial charge in [-0.15, -0.1) is 0 Å². The van der Waals surface area contributed by atoms with Gasteiger partial charge in [0.05, 0.1) is 0 Å². The molecule has 2 fully saturated rings. The van der Waals surface area contributed by atoms with Crippen molar-refractivity contribution in [2.45, 2.75) is 83.8 Å². The van der Waals surface area contributed by atoms with Crippen molar-refractivity contribution in [3.05, 3.63) is 0 Å². The fourth-order valence-electron chi connectivity index (χ4n) is 3.59. The molecule has 0 aromatic carbocycles. The minimum absolute atomic E-state index is 0.0224. The van der Waals surface area contributed by atoms with Crippen LogP contribution >= 0.6 is 0 Å². The van der Waals surface area contributed by atoms with Gasteiger partial charge in [0, 0.05) is 6.04 Å². The van der Waals surface area contributed by atoms with Crippen molar-refractivity contribution in [1.82, 2.24) is 10.2 Å². The molecule has 2 aliphatic rings. The van der Waals surface area contributed by atoms with E-state index in [1.165, 1.54) is 32.1 Å². The molecule has 4 nitrogen and oxygen atoms in total. The maximum atomic E-state index is 12.6. The summed E-state index contributed by atoms with van der Waals surface area (Å²) in [5.74, 6) is 0.292. The van der Waals surface area contributed by atoms with Crippen molar-refractivity contribution >= 4 is 11.8 Å². The van der Waals surface area contributed by atoms with Crippen LogP contribution in [0.3, 0.4) is 0 Å². The summed E-state index contributed by atoms with van der Waals surface area (Å²) < 4.78 is 0. The fraction of sp³-hybridized carbons (Fsp3) is 0.875. The van der Waals surface area contributed by atoms with Gasteiger partial charge in [-0.2, -0.15) is 0 Å². The summed E-state index contributed by atoms with van der Waals surface area (Å²) in [6, 6.07) is -0.408. The lowest BCUT2D eigenvalue weighted by molar-refractivity contribution is -0.154. The Balaban J connectivity index is 2.21. The molecule has 1 saturated carbocycles. The number of rotatable bonds is 2. The average Bonchev–Trinajstić information content (AvgIpc) is 2.33. The van der Waals surface area contributed by atoms with E-state index < -0.39 is 0 Å². The lowest BCUT2D eigenvalue weighted by atomic mass is 9.90. The third kappa shape index (κ3) is 3.15. The van der Waals surface area contributed by atoms with E-state index in [0.717, 1.165) is 12.8 Å². The molecular weight excluding hydrogens is 252 g/mol. The molecular formula is C16H28N2O2. The normalized spacial score (nSPS) is 30.1. The Hall–Kier alpha value is -1.06. The topological polar surface area (TPSA) is 49.4 Å². The number of nitrogens with one attached hydrogen (secondary N) is 1. The second kappa shape index (κ2) is 6.59. The highest BCUT2D eigenvalue weighted by Crippen LogP contribution is 2.28. The molecule has 1 heterocycles. The van der Waals surface area contributed by atoms with Crippen LogP contribution in [0, 0.1) is 5.92 Å². The summed E-state index contributed by atoms with van der Waals surface area (Å²) in [5, 5.41) is 2.83. The number of carbonyl (C=O) groups excluding carboxylic acids is 2. The molecule has 1 aliphatic heterocycles. The molecule has 4 heteroatoms. The van der Waals surface area contributed by atoms with Crippen LogP contribution in [0.2, 0.25) is 0 Å². The molecule has 1 saturated heterocycles. The van der Waals surface area contributed by atoms with Gasteiger partial charge in [-0.1, -0.05) is 46.0 Å². The summed E-state index contributed by atoms with van der Waals surface area (Å²) in [6.45, 7) is 5.86. The number of hydrogen-bond acceptors (Lipinski definition) is 2. The number of nitrogens with zero attached hydrogens (tertiary/aromatic N) is 1. The molecule has 2 rings (SSSR count). The number of carbonyl (C=O) groups is 2. The quantitative estimate of drug-likeness (QED) is 0.844. The summed E-state index contributed by atoms with van der Waals surface area (Å²) >= 11 is 0. The highest BCUT2D eigenvalue weighted by Gasteiger charge is 2.43. The first-order valence-electron chi connectivity index (χ1n) is 8.15. The van der Waals surface area contributed by atoms with Gasteiger partial charge in [-0.05, 0) is 25.7 Å². The van der Waals surface area contributed by atoms with Gasteiger partial charge < -0.3 is 10.2 Å². The maximum absolute atomic E-state index is 12.6. The molecule has 20 heavy (non-hydrogen) atoms. The van der Waals surface area contributed by atoms with E-state index in [1.54, 1.807) is 6.92 Å². The van der Waals surface area contributed by atoms with Crippen LogP contribution in [0.25, 0.3) is 0 Å². The van der Waals surface area contributed by atoms with Crippen LogP contribution in [0.15, 0.2) is 0 Å². The first-order chi connectivity index (χ1) is 9.52. The Kier molecular flexibility index (Phi) is 5.06. The Morgan fingerprint density at radius 3 is 2.15 bits per heavy atom. The third-order valence-corrected chi connectivity index (χ3v) is 4.65. The van der Waals surface area contributed by atoms with E-state index in [0.29, 0.717) is 0 Å². The SMILES string of the molecule is CC1NC(=O)C(C(C)C)N(C2CCCCCCC2)C1=O. The number of piperazine rings is 1. The van der Waals surface area contributed by atoms with Crippen molar-refractivity contribution < 1.29 is 9.59 Å². The van der Waals surface area contributed by atoms with E-state index in [1.807, 2.05) is 18.7 Å². The van der Waals surface area contributed by atoms with Crippen LogP contribution in [0.4, 0.5) is 0 Å². The lowest BCUT2D eigenvalue weighted by Gasteiger charge is -2.45. The second-order valence-electron chi connectivity index (χ2n) is 6.66. The molecule has 2 atom stereocenters. The Morgan fingerprint density at radius 1 is 1.05 bits per heavy atom. The Bertz CT molecular complexity index is 359. The maximum Gasteiger partial charge on any atom is 0.245 e. The summed E-state index contributed by atoms with van der Waals surface area (Å²) in [7, 11) is 0. The molecule has 1 N–H and O–H groups in total. The third-order valence-electron chi connectivity index (χ3n) is 4.65. The van der Waals surface area contributed by atoms with Crippen LogP contribution in [-0.2, 0) is 9.59 Å².